The van der Waals surface area contributed by atoms with Crippen LogP contribution in [0.3, 0.4) is 0 Å². The predicted molar refractivity (Wildman–Crippen MR) is 104 cm³/mol. The lowest BCUT2D eigenvalue weighted by atomic mass is 9.93. The second-order valence-corrected chi connectivity index (χ2v) is 7.79. The number of carbonyl (C=O) groups excluding carboxylic acids is 2. The van der Waals surface area contributed by atoms with Crippen molar-refractivity contribution in [2.75, 3.05) is 0 Å². The number of carboxylic acids is 1. The molecule has 0 amide bonds. The Hall–Kier alpha value is -1.59. The van der Waals surface area contributed by atoms with Gasteiger partial charge in [-0.25, -0.2) is 0 Å². The van der Waals surface area contributed by atoms with Crippen molar-refractivity contribution >= 4 is 17.5 Å². The van der Waals surface area contributed by atoms with Gasteiger partial charge in [-0.2, -0.15) is 8.78 Å². The molecule has 0 spiro atoms. The molecule has 28 heavy (non-hydrogen) atoms. The molecule has 1 saturated carbocycles. The van der Waals surface area contributed by atoms with Crippen molar-refractivity contribution in [2.24, 2.45) is 5.92 Å². The molecule has 0 aromatic rings. The van der Waals surface area contributed by atoms with Crippen LogP contribution < -0.4 is 0 Å². The number of hydrogen-bond donors (Lipinski definition) is 1. The SMILES string of the molecule is CCCCCCC(F)(F)C(=O)C/C=C1/CCC(=O)[C@@H]1CCCCCCC(=O)O. The summed E-state index contributed by atoms with van der Waals surface area (Å²) in [6.07, 6.45) is 8.62. The molecule has 0 bridgehead atoms. The molecule has 4 nitrogen and oxygen atoms in total. The number of aliphatic carboxylic acids is 1. The Balaban J connectivity index is 2.44. The van der Waals surface area contributed by atoms with Crippen molar-refractivity contribution < 1.29 is 28.3 Å². The Bertz CT molecular complexity index is 555. The number of alkyl halides is 2. The molecule has 1 N–H and O–H groups in total. The fraction of sp³-hybridized carbons (Fsp3) is 0.773. The second-order valence-electron chi connectivity index (χ2n) is 7.79. The van der Waals surface area contributed by atoms with Gasteiger partial charge in [0.25, 0.3) is 0 Å². The fourth-order valence-corrected chi connectivity index (χ4v) is 3.68. The number of allylic oxidation sites excluding steroid dienone is 2. The lowest BCUT2D eigenvalue weighted by Crippen LogP contribution is -2.28. The Kier molecular flexibility index (Phi) is 11.2. The summed E-state index contributed by atoms with van der Waals surface area (Å²) in [6, 6.07) is 0. The van der Waals surface area contributed by atoms with E-state index in [4.69, 9.17) is 5.11 Å². The maximum absolute atomic E-state index is 14.0. The van der Waals surface area contributed by atoms with E-state index in [-0.39, 0.29) is 24.5 Å². The smallest absolute Gasteiger partial charge is 0.305 e. The molecule has 0 radical (unpaired) electrons. The minimum absolute atomic E-state index is 0.121. The fourth-order valence-electron chi connectivity index (χ4n) is 3.68. The van der Waals surface area contributed by atoms with Gasteiger partial charge in [-0.3, -0.25) is 14.4 Å². The number of rotatable bonds is 15. The molecule has 0 heterocycles. The zero-order chi connectivity index (χ0) is 21.0. The summed E-state index contributed by atoms with van der Waals surface area (Å²) in [6.45, 7) is 2.00. The third-order valence-electron chi connectivity index (χ3n) is 5.43. The van der Waals surface area contributed by atoms with Crippen LogP contribution in [0.4, 0.5) is 8.78 Å². The zero-order valence-electron chi connectivity index (χ0n) is 17.0. The average molecular weight is 401 g/mol. The topological polar surface area (TPSA) is 71.4 Å². The summed E-state index contributed by atoms with van der Waals surface area (Å²) in [5.41, 5.74) is 0.825. The van der Waals surface area contributed by atoms with Crippen molar-refractivity contribution in [3.63, 3.8) is 0 Å². The molecule has 0 aromatic carbocycles. The van der Waals surface area contributed by atoms with Crippen molar-refractivity contribution in [2.45, 2.75) is 103 Å². The third-order valence-corrected chi connectivity index (χ3v) is 5.43. The van der Waals surface area contributed by atoms with E-state index in [9.17, 15) is 23.2 Å². The van der Waals surface area contributed by atoms with Crippen LogP contribution in [0, 0.1) is 5.92 Å². The van der Waals surface area contributed by atoms with Crippen LogP contribution in [-0.4, -0.2) is 28.6 Å². The molecule has 1 fully saturated rings. The first-order valence-electron chi connectivity index (χ1n) is 10.6. The summed E-state index contributed by atoms with van der Waals surface area (Å²) < 4.78 is 28.0. The summed E-state index contributed by atoms with van der Waals surface area (Å²) in [7, 11) is 0. The number of carbonyl (C=O) groups is 3. The number of carboxylic acid groups (broad SMARTS) is 1. The van der Waals surface area contributed by atoms with E-state index in [1.807, 2.05) is 6.92 Å². The van der Waals surface area contributed by atoms with Gasteiger partial charge in [0.15, 0.2) is 0 Å². The Morgan fingerprint density at radius 2 is 1.75 bits per heavy atom. The molecular weight excluding hydrogens is 366 g/mol. The highest BCUT2D eigenvalue weighted by Gasteiger charge is 2.37. The van der Waals surface area contributed by atoms with E-state index in [1.54, 1.807) is 6.08 Å². The van der Waals surface area contributed by atoms with Crippen LogP contribution in [0.2, 0.25) is 0 Å². The van der Waals surface area contributed by atoms with Crippen LogP contribution >= 0.6 is 0 Å². The minimum Gasteiger partial charge on any atom is -0.481 e. The maximum atomic E-state index is 14.0. The zero-order valence-corrected chi connectivity index (χ0v) is 17.0. The highest BCUT2D eigenvalue weighted by Crippen LogP contribution is 2.33. The minimum atomic E-state index is -3.28. The normalized spacial score (nSPS) is 18.8. The van der Waals surface area contributed by atoms with E-state index in [1.165, 1.54) is 0 Å². The molecule has 0 saturated heterocycles. The summed E-state index contributed by atoms with van der Waals surface area (Å²) in [5.74, 6) is -5.28. The van der Waals surface area contributed by atoms with Gasteiger partial charge in [-0.15, -0.1) is 0 Å². The first-order chi connectivity index (χ1) is 13.3. The maximum Gasteiger partial charge on any atom is 0.305 e. The molecule has 1 rings (SSSR count). The van der Waals surface area contributed by atoms with Crippen LogP contribution in [0.15, 0.2) is 11.6 Å². The standard InChI is InChI=1S/C22H34F2O4/c1-2-3-4-9-16-22(23,24)20(26)15-13-17-12-14-19(25)18(17)10-7-5-6-8-11-21(27)28/h13,18H,2-12,14-16H2,1H3,(H,27,28)/b17-13-/t18-/m1/s1. The van der Waals surface area contributed by atoms with Crippen molar-refractivity contribution in [1.29, 1.82) is 0 Å². The molecule has 0 aliphatic heterocycles. The molecule has 0 unspecified atom stereocenters. The molecule has 1 aliphatic rings. The van der Waals surface area contributed by atoms with Crippen molar-refractivity contribution in [3.05, 3.63) is 11.6 Å². The van der Waals surface area contributed by atoms with Gasteiger partial charge < -0.3 is 5.11 Å². The lowest BCUT2D eigenvalue weighted by Gasteiger charge is -2.15. The van der Waals surface area contributed by atoms with Gasteiger partial charge in [0.1, 0.15) is 5.78 Å². The Labute approximate surface area is 166 Å². The van der Waals surface area contributed by atoms with E-state index in [0.717, 1.165) is 37.7 Å². The Morgan fingerprint density at radius 3 is 2.43 bits per heavy atom. The molecule has 0 aromatic heterocycles. The molecule has 160 valence electrons. The summed E-state index contributed by atoms with van der Waals surface area (Å²) in [5, 5.41) is 8.61. The quantitative estimate of drug-likeness (QED) is 0.275. The molecule has 6 heteroatoms. The van der Waals surface area contributed by atoms with Gasteiger partial charge in [-0.05, 0) is 25.7 Å². The van der Waals surface area contributed by atoms with Crippen LogP contribution in [0.25, 0.3) is 0 Å². The van der Waals surface area contributed by atoms with Crippen LogP contribution in [-0.2, 0) is 14.4 Å². The summed E-state index contributed by atoms with van der Waals surface area (Å²) in [4.78, 5) is 34.5. The lowest BCUT2D eigenvalue weighted by molar-refractivity contribution is -0.143. The molecule has 1 atom stereocenters. The van der Waals surface area contributed by atoms with E-state index < -0.39 is 24.1 Å². The average Bonchev–Trinajstić information content (AvgIpc) is 2.99. The highest BCUT2D eigenvalue weighted by molar-refractivity contribution is 5.89. The van der Waals surface area contributed by atoms with E-state index >= 15 is 0 Å². The molecule has 1 aliphatic carbocycles. The van der Waals surface area contributed by atoms with Gasteiger partial charge >= 0.3 is 11.9 Å². The molecular formula is C22H34F2O4. The number of hydrogen-bond acceptors (Lipinski definition) is 3. The highest BCUT2D eigenvalue weighted by atomic mass is 19.3. The number of ketones is 2. The van der Waals surface area contributed by atoms with Gasteiger partial charge in [0.2, 0.25) is 5.78 Å². The van der Waals surface area contributed by atoms with Gasteiger partial charge in [-0.1, -0.05) is 57.1 Å². The van der Waals surface area contributed by atoms with E-state index in [2.05, 4.69) is 0 Å². The van der Waals surface area contributed by atoms with Crippen molar-refractivity contribution in [1.82, 2.24) is 0 Å². The number of halogens is 2. The third kappa shape index (κ3) is 9.07. The second kappa shape index (κ2) is 12.8. The van der Waals surface area contributed by atoms with Crippen molar-refractivity contribution in [3.8, 4) is 0 Å². The monoisotopic (exact) mass is 400 g/mol. The first-order valence-corrected chi connectivity index (χ1v) is 10.6. The van der Waals surface area contributed by atoms with Crippen LogP contribution in [0.5, 0.6) is 0 Å². The van der Waals surface area contributed by atoms with Gasteiger partial charge in [0.05, 0.1) is 0 Å². The largest absolute Gasteiger partial charge is 0.481 e. The summed E-state index contributed by atoms with van der Waals surface area (Å²) >= 11 is 0. The number of Topliss-reactive ketones (excluding diaryl/α,β-unsaturated/α-hetero) is 2. The predicted octanol–water partition coefficient (Wildman–Crippen LogP) is 5.88. The van der Waals surface area contributed by atoms with Crippen LogP contribution in [0.1, 0.15) is 96.8 Å². The number of unbranched alkanes of at least 4 members (excludes halogenated alkanes) is 6. The van der Waals surface area contributed by atoms with Gasteiger partial charge in [0, 0.05) is 31.6 Å². The first kappa shape index (κ1) is 24.4. The Morgan fingerprint density at radius 1 is 1.07 bits per heavy atom. The van der Waals surface area contributed by atoms with E-state index in [0.29, 0.717) is 38.5 Å².